The van der Waals surface area contributed by atoms with Gasteiger partial charge in [0.2, 0.25) is 0 Å². The molecule has 0 aromatic heterocycles. The van der Waals surface area contributed by atoms with Crippen molar-refractivity contribution in [1.29, 1.82) is 0 Å². The minimum atomic E-state index is 0.419. The highest BCUT2D eigenvalue weighted by atomic mass is 16.5. The predicted molar refractivity (Wildman–Crippen MR) is 74.8 cm³/mol. The standard InChI is InChI=1S/C15H23NO3/c1-17-13-6-5-12(9-13)16-10-11-4-7-14(18-2)15(8-11)19-3/h4,7-8,12-13,16H,5-6,9-10H2,1-3H3. The molecule has 0 amide bonds. The molecule has 1 aromatic carbocycles. The summed E-state index contributed by atoms with van der Waals surface area (Å²) < 4.78 is 15.9. The van der Waals surface area contributed by atoms with Crippen LogP contribution in [0.4, 0.5) is 0 Å². The second-order valence-corrected chi connectivity index (χ2v) is 4.94. The molecule has 0 spiro atoms. The third-order valence-corrected chi connectivity index (χ3v) is 3.76. The van der Waals surface area contributed by atoms with Crippen molar-refractivity contribution >= 4 is 0 Å². The first-order valence-corrected chi connectivity index (χ1v) is 6.74. The first kappa shape index (κ1) is 14.2. The highest BCUT2D eigenvalue weighted by molar-refractivity contribution is 5.42. The molecule has 2 rings (SSSR count). The summed E-state index contributed by atoms with van der Waals surface area (Å²) in [6.07, 6.45) is 3.86. The second kappa shape index (κ2) is 6.78. The normalized spacial score (nSPS) is 22.5. The minimum absolute atomic E-state index is 0.419. The van der Waals surface area contributed by atoms with E-state index in [2.05, 4.69) is 11.4 Å². The van der Waals surface area contributed by atoms with Crippen LogP contribution in [0.15, 0.2) is 18.2 Å². The molecule has 19 heavy (non-hydrogen) atoms. The maximum Gasteiger partial charge on any atom is 0.161 e. The average Bonchev–Trinajstić information content (AvgIpc) is 2.92. The van der Waals surface area contributed by atoms with Crippen LogP contribution in [-0.4, -0.2) is 33.5 Å². The van der Waals surface area contributed by atoms with Gasteiger partial charge in [-0.25, -0.2) is 0 Å². The van der Waals surface area contributed by atoms with Gasteiger partial charge in [-0.1, -0.05) is 6.07 Å². The van der Waals surface area contributed by atoms with Crippen molar-refractivity contribution < 1.29 is 14.2 Å². The summed E-state index contributed by atoms with van der Waals surface area (Å²) in [7, 11) is 5.11. The number of nitrogens with one attached hydrogen (secondary N) is 1. The van der Waals surface area contributed by atoms with Crippen LogP contribution in [0.2, 0.25) is 0 Å². The molecule has 1 fully saturated rings. The van der Waals surface area contributed by atoms with Crippen LogP contribution in [0.5, 0.6) is 11.5 Å². The minimum Gasteiger partial charge on any atom is -0.493 e. The molecular weight excluding hydrogens is 242 g/mol. The zero-order valence-electron chi connectivity index (χ0n) is 11.9. The summed E-state index contributed by atoms with van der Waals surface area (Å²) in [5.74, 6) is 1.55. The lowest BCUT2D eigenvalue weighted by molar-refractivity contribution is 0.107. The molecule has 0 heterocycles. The van der Waals surface area contributed by atoms with Crippen molar-refractivity contribution in [3.05, 3.63) is 23.8 Å². The molecule has 0 radical (unpaired) electrons. The third kappa shape index (κ3) is 3.61. The summed E-state index contributed by atoms with van der Waals surface area (Å²) in [5, 5.41) is 3.57. The van der Waals surface area contributed by atoms with Gasteiger partial charge in [-0.3, -0.25) is 0 Å². The monoisotopic (exact) mass is 265 g/mol. The first-order chi connectivity index (χ1) is 9.26. The number of benzene rings is 1. The van der Waals surface area contributed by atoms with Crippen LogP contribution in [-0.2, 0) is 11.3 Å². The van der Waals surface area contributed by atoms with Gasteiger partial charge in [0, 0.05) is 19.7 Å². The molecule has 2 atom stereocenters. The fourth-order valence-corrected chi connectivity index (χ4v) is 2.59. The van der Waals surface area contributed by atoms with E-state index in [1.807, 2.05) is 12.1 Å². The maximum atomic E-state index is 5.38. The van der Waals surface area contributed by atoms with Crippen LogP contribution < -0.4 is 14.8 Å². The number of methoxy groups -OCH3 is 3. The van der Waals surface area contributed by atoms with E-state index in [0.717, 1.165) is 30.9 Å². The third-order valence-electron chi connectivity index (χ3n) is 3.76. The van der Waals surface area contributed by atoms with Crippen LogP contribution in [0, 0.1) is 0 Å². The number of rotatable bonds is 6. The van der Waals surface area contributed by atoms with Crippen molar-refractivity contribution in [1.82, 2.24) is 5.32 Å². The van der Waals surface area contributed by atoms with E-state index in [0.29, 0.717) is 12.1 Å². The lowest BCUT2D eigenvalue weighted by atomic mass is 10.1. The number of hydrogen-bond acceptors (Lipinski definition) is 4. The van der Waals surface area contributed by atoms with E-state index in [4.69, 9.17) is 14.2 Å². The fourth-order valence-electron chi connectivity index (χ4n) is 2.59. The Balaban J connectivity index is 1.89. The van der Waals surface area contributed by atoms with Crippen molar-refractivity contribution in [2.24, 2.45) is 0 Å². The lowest BCUT2D eigenvalue weighted by Gasteiger charge is -2.14. The number of ether oxygens (including phenoxy) is 3. The highest BCUT2D eigenvalue weighted by Gasteiger charge is 2.23. The van der Waals surface area contributed by atoms with Crippen LogP contribution >= 0.6 is 0 Å². The summed E-state index contributed by atoms with van der Waals surface area (Å²) in [5.41, 5.74) is 1.21. The topological polar surface area (TPSA) is 39.7 Å². The molecular formula is C15H23NO3. The Bertz CT molecular complexity index is 408. The Kier molecular flexibility index (Phi) is 5.05. The summed E-state index contributed by atoms with van der Waals surface area (Å²) in [6.45, 7) is 0.849. The molecule has 0 aliphatic heterocycles. The van der Waals surface area contributed by atoms with E-state index in [1.54, 1.807) is 21.3 Å². The smallest absolute Gasteiger partial charge is 0.161 e. The van der Waals surface area contributed by atoms with Crippen LogP contribution in [0.25, 0.3) is 0 Å². The second-order valence-electron chi connectivity index (χ2n) is 4.94. The van der Waals surface area contributed by atoms with Crippen LogP contribution in [0.3, 0.4) is 0 Å². The molecule has 1 aliphatic rings. The largest absolute Gasteiger partial charge is 0.493 e. The van der Waals surface area contributed by atoms with Gasteiger partial charge in [-0.2, -0.15) is 0 Å². The zero-order valence-corrected chi connectivity index (χ0v) is 11.9. The van der Waals surface area contributed by atoms with E-state index < -0.39 is 0 Å². The lowest BCUT2D eigenvalue weighted by Crippen LogP contribution is -2.26. The predicted octanol–water partition coefficient (Wildman–Crippen LogP) is 2.36. The van der Waals surface area contributed by atoms with E-state index >= 15 is 0 Å². The Labute approximate surface area is 115 Å². The Morgan fingerprint density at radius 2 is 1.89 bits per heavy atom. The molecule has 0 saturated heterocycles. The molecule has 4 heteroatoms. The summed E-state index contributed by atoms with van der Waals surface area (Å²) in [4.78, 5) is 0. The van der Waals surface area contributed by atoms with Gasteiger partial charge >= 0.3 is 0 Å². The molecule has 0 bridgehead atoms. The van der Waals surface area contributed by atoms with Crippen LogP contribution in [0.1, 0.15) is 24.8 Å². The molecule has 1 aromatic rings. The molecule has 2 unspecified atom stereocenters. The van der Waals surface area contributed by atoms with Gasteiger partial charge in [0.25, 0.3) is 0 Å². The maximum absolute atomic E-state index is 5.38. The van der Waals surface area contributed by atoms with Crippen molar-refractivity contribution in [3.8, 4) is 11.5 Å². The van der Waals surface area contributed by atoms with Gasteiger partial charge in [-0.15, -0.1) is 0 Å². The van der Waals surface area contributed by atoms with Crippen molar-refractivity contribution in [2.75, 3.05) is 21.3 Å². The summed E-state index contributed by atoms with van der Waals surface area (Å²) in [6, 6.07) is 6.59. The van der Waals surface area contributed by atoms with Gasteiger partial charge in [0.05, 0.1) is 20.3 Å². The van der Waals surface area contributed by atoms with Gasteiger partial charge < -0.3 is 19.5 Å². The van der Waals surface area contributed by atoms with Crippen molar-refractivity contribution in [2.45, 2.75) is 38.0 Å². The number of hydrogen-bond donors (Lipinski definition) is 1. The molecule has 1 aliphatic carbocycles. The SMILES string of the molecule is COc1ccc(CNC2CCC(OC)C2)cc1OC. The van der Waals surface area contributed by atoms with Gasteiger partial charge in [0.15, 0.2) is 11.5 Å². The quantitative estimate of drug-likeness (QED) is 0.857. The Morgan fingerprint density at radius 1 is 1.11 bits per heavy atom. The molecule has 1 N–H and O–H groups in total. The fraction of sp³-hybridized carbons (Fsp3) is 0.600. The average molecular weight is 265 g/mol. The van der Waals surface area contributed by atoms with E-state index in [9.17, 15) is 0 Å². The van der Waals surface area contributed by atoms with Crippen molar-refractivity contribution in [3.63, 3.8) is 0 Å². The molecule has 4 nitrogen and oxygen atoms in total. The molecule has 1 saturated carbocycles. The molecule has 106 valence electrons. The van der Waals surface area contributed by atoms with Gasteiger partial charge in [0.1, 0.15) is 0 Å². The zero-order chi connectivity index (χ0) is 13.7. The first-order valence-electron chi connectivity index (χ1n) is 6.74. The van der Waals surface area contributed by atoms with Gasteiger partial charge in [-0.05, 0) is 37.0 Å². The summed E-state index contributed by atoms with van der Waals surface area (Å²) >= 11 is 0. The Hall–Kier alpha value is -1.26. The van der Waals surface area contributed by atoms with E-state index in [-0.39, 0.29) is 0 Å². The Morgan fingerprint density at radius 3 is 2.53 bits per heavy atom. The van der Waals surface area contributed by atoms with E-state index in [1.165, 1.54) is 12.0 Å². The highest BCUT2D eigenvalue weighted by Crippen LogP contribution is 2.28.